The van der Waals surface area contributed by atoms with Gasteiger partial charge in [0.2, 0.25) is 10.0 Å². The summed E-state index contributed by atoms with van der Waals surface area (Å²) < 4.78 is 48.1. The molecule has 0 spiro atoms. The van der Waals surface area contributed by atoms with Crippen LogP contribution < -0.4 is 4.72 Å². The van der Waals surface area contributed by atoms with Crippen LogP contribution in [0.2, 0.25) is 0 Å². The highest BCUT2D eigenvalue weighted by Gasteiger charge is 2.53. The van der Waals surface area contributed by atoms with Gasteiger partial charge in [-0.25, -0.2) is 16.8 Å². The van der Waals surface area contributed by atoms with Gasteiger partial charge in [-0.3, -0.25) is 0 Å². The van der Waals surface area contributed by atoms with Crippen LogP contribution in [0.5, 0.6) is 0 Å². The molecule has 88 valence electrons. The number of hydrogen-bond acceptors (Lipinski definition) is 4. The van der Waals surface area contributed by atoms with E-state index in [2.05, 4.69) is 4.72 Å². The second-order valence-electron chi connectivity index (χ2n) is 4.13. The van der Waals surface area contributed by atoms with Crippen molar-refractivity contribution in [1.29, 1.82) is 0 Å². The van der Waals surface area contributed by atoms with Crippen LogP contribution in [0.25, 0.3) is 0 Å². The van der Waals surface area contributed by atoms with Crippen LogP contribution in [0.3, 0.4) is 0 Å². The molecule has 0 radical (unpaired) electrons. The highest BCUT2D eigenvalue weighted by Crippen LogP contribution is 2.41. The molecule has 0 aromatic rings. The fourth-order valence-corrected chi connectivity index (χ4v) is 5.53. The van der Waals surface area contributed by atoms with Crippen LogP contribution in [0.1, 0.15) is 32.1 Å². The topological polar surface area (TPSA) is 80.3 Å². The maximum Gasteiger partial charge on any atom is 0.252 e. The van der Waals surface area contributed by atoms with E-state index in [4.69, 9.17) is 10.7 Å². The Hall–Kier alpha value is 0.150. The predicted molar refractivity (Wildman–Crippen MR) is 56.4 cm³/mol. The van der Waals surface area contributed by atoms with E-state index in [1.54, 1.807) is 0 Å². The Morgan fingerprint density at radius 3 is 1.93 bits per heavy atom. The van der Waals surface area contributed by atoms with Crippen molar-refractivity contribution in [3.05, 3.63) is 0 Å². The maximum absolute atomic E-state index is 11.6. The third-order valence-electron chi connectivity index (χ3n) is 2.92. The predicted octanol–water partition coefficient (Wildman–Crippen LogP) is 0.517. The highest BCUT2D eigenvalue weighted by molar-refractivity contribution is 8.15. The molecule has 0 heterocycles. The normalized spacial score (nSPS) is 25.9. The lowest BCUT2D eigenvalue weighted by Gasteiger charge is -2.38. The first kappa shape index (κ1) is 11.6. The van der Waals surface area contributed by atoms with Gasteiger partial charge in [0, 0.05) is 10.7 Å². The van der Waals surface area contributed by atoms with Crippen LogP contribution in [0.15, 0.2) is 0 Å². The smallest absolute Gasteiger partial charge is 0.212 e. The largest absolute Gasteiger partial charge is 0.252 e. The highest BCUT2D eigenvalue weighted by atomic mass is 35.7. The summed E-state index contributed by atoms with van der Waals surface area (Å²) in [5.41, 5.74) is 0. The number of sulfonamides is 1. The van der Waals surface area contributed by atoms with Crippen molar-refractivity contribution in [2.75, 3.05) is 0 Å². The van der Waals surface area contributed by atoms with Crippen molar-refractivity contribution in [2.45, 2.75) is 42.2 Å². The Morgan fingerprint density at radius 1 is 1.13 bits per heavy atom. The van der Waals surface area contributed by atoms with E-state index in [0.29, 0.717) is 19.3 Å². The second kappa shape index (κ2) is 3.32. The van der Waals surface area contributed by atoms with Gasteiger partial charge in [0.1, 0.15) is 4.87 Å². The van der Waals surface area contributed by atoms with Crippen molar-refractivity contribution >= 4 is 29.8 Å². The van der Waals surface area contributed by atoms with Crippen molar-refractivity contribution < 1.29 is 16.8 Å². The van der Waals surface area contributed by atoms with Crippen molar-refractivity contribution in [3.63, 3.8) is 0 Å². The molecule has 0 bridgehead atoms. The Morgan fingerprint density at radius 2 is 1.67 bits per heavy atom. The van der Waals surface area contributed by atoms with Gasteiger partial charge in [-0.1, -0.05) is 0 Å². The molecule has 0 aliphatic heterocycles. The Labute approximate surface area is 93.7 Å². The van der Waals surface area contributed by atoms with E-state index < -0.39 is 29.2 Å². The van der Waals surface area contributed by atoms with E-state index in [9.17, 15) is 16.8 Å². The zero-order chi connectivity index (χ0) is 11.3. The molecule has 0 aromatic heterocycles. The Balaban J connectivity index is 2.23. The first-order valence-electron chi connectivity index (χ1n) is 4.74. The minimum atomic E-state index is -3.88. The molecular formula is C7H12ClNO4S2. The zero-order valence-corrected chi connectivity index (χ0v) is 10.3. The molecule has 2 saturated carbocycles. The van der Waals surface area contributed by atoms with Crippen LogP contribution >= 0.6 is 10.7 Å². The molecule has 8 heteroatoms. The minimum absolute atomic E-state index is 0.269. The van der Waals surface area contributed by atoms with Crippen molar-refractivity contribution in [2.24, 2.45) is 0 Å². The third-order valence-corrected chi connectivity index (χ3v) is 7.40. The summed E-state index contributed by atoms with van der Waals surface area (Å²) >= 11 is 0. The molecule has 15 heavy (non-hydrogen) atoms. The van der Waals surface area contributed by atoms with E-state index >= 15 is 0 Å². The van der Waals surface area contributed by atoms with Gasteiger partial charge >= 0.3 is 0 Å². The lowest BCUT2D eigenvalue weighted by Crippen LogP contribution is -2.57. The monoisotopic (exact) mass is 273 g/mol. The zero-order valence-electron chi connectivity index (χ0n) is 7.94. The summed E-state index contributed by atoms with van der Waals surface area (Å²) in [6, 6.07) is 0. The van der Waals surface area contributed by atoms with Crippen LogP contribution in [-0.2, 0) is 19.1 Å². The van der Waals surface area contributed by atoms with Crippen LogP contribution in [-0.4, -0.2) is 27.0 Å². The van der Waals surface area contributed by atoms with Gasteiger partial charge < -0.3 is 0 Å². The fourth-order valence-electron chi connectivity index (χ4n) is 1.61. The molecule has 0 saturated heterocycles. The summed E-state index contributed by atoms with van der Waals surface area (Å²) in [5, 5.41) is -0.423. The second-order valence-corrected chi connectivity index (χ2v) is 8.97. The summed E-state index contributed by atoms with van der Waals surface area (Å²) in [7, 11) is -2.12. The molecule has 0 unspecified atom stereocenters. The van der Waals surface area contributed by atoms with Gasteiger partial charge in [-0.2, -0.15) is 4.72 Å². The van der Waals surface area contributed by atoms with Crippen LogP contribution in [0, 0.1) is 0 Å². The molecule has 2 fully saturated rings. The molecule has 0 amide bonds. The summed E-state index contributed by atoms with van der Waals surface area (Å²) in [5.74, 6) is 0. The van der Waals surface area contributed by atoms with E-state index in [0.717, 1.165) is 0 Å². The maximum atomic E-state index is 11.6. The molecule has 2 rings (SSSR count). The number of hydrogen-bond donors (Lipinski definition) is 1. The lowest BCUT2D eigenvalue weighted by molar-refractivity contribution is 0.322. The first-order valence-corrected chi connectivity index (χ1v) is 8.59. The third kappa shape index (κ3) is 2.02. The summed E-state index contributed by atoms with van der Waals surface area (Å²) in [6.45, 7) is 0. The number of halogens is 1. The molecule has 1 N–H and O–H groups in total. The molecule has 2 aliphatic rings. The number of rotatable bonds is 4. The first-order chi connectivity index (χ1) is 6.77. The Bertz CT molecular complexity index is 461. The lowest BCUT2D eigenvalue weighted by atomic mass is 9.93. The van der Waals surface area contributed by atoms with Crippen LogP contribution in [0.4, 0.5) is 0 Å². The van der Waals surface area contributed by atoms with Gasteiger partial charge in [-0.15, -0.1) is 0 Å². The van der Waals surface area contributed by atoms with Gasteiger partial charge in [0.15, 0.2) is 0 Å². The quantitative estimate of drug-likeness (QED) is 0.757. The van der Waals surface area contributed by atoms with Crippen molar-refractivity contribution in [1.82, 2.24) is 4.72 Å². The SMILES string of the molecule is O=S(=O)(NC1(S(=O)(=O)Cl)CCC1)C1CC1. The van der Waals surface area contributed by atoms with Gasteiger partial charge in [0.25, 0.3) is 9.05 Å². The molecule has 0 aromatic carbocycles. The van der Waals surface area contributed by atoms with Gasteiger partial charge in [-0.05, 0) is 32.1 Å². The average Bonchev–Trinajstić information content (AvgIpc) is 2.75. The summed E-state index contributed by atoms with van der Waals surface area (Å²) in [4.78, 5) is -1.43. The Kier molecular flexibility index (Phi) is 2.57. The molecule has 0 atom stereocenters. The van der Waals surface area contributed by atoms with E-state index in [-0.39, 0.29) is 12.8 Å². The summed E-state index contributed by atoms with van der Waals surface area (Å²) in [6.07, 6.45) is 2.43. The van der Waals surface area contributed by atoms with Crippen molar-refractivity contribution in [3.8, 4) is 0 Å². The molecule has 2 aliphatic carbocycles. The average molecular weight is 274 g/mol. The number of nitrogens with one attached hydrogen (secondary N) is 1. The standard InChI is InChI=1S/C7H12ClNO4S2/c8-15(12,13)7(4-1-5-7)9-14(10,11)6-2-3-6/h6,9H,1-5H2. The molecule has 5 nitrogen and oxygen atoms in total. The molecular weight excluding hydrogens is 262 g/mol. The minimum Gasteiger partial charge on any atom is -0.212 e. The van der Waals surface area contributed by atoms with E-state index in [1.165, 1.54) is 0 Å². The van der Waals surface area contributed by atoms with E-state index in [1.807, 2.05) is 0 Å². The van der Waals surface area contributed by atoms with Gasteiger partial charge in [0.05, 0.1) is 5.25 Å². The fraction of sp³-hybridized carbons (Fsp3) is 1.00.